The fourth-order valence-corrected chi connectivity index (χ4v) is 5.08. The lowest BCUT2D eigenvalue weighted by molar-refractivity contribution is 0.202. The standard InChI is InChI=1S/C20H24O3S/c1-19(2,3)15-23-24(21,22)18-14-20(18,16-10-6-4-7-11-16)17-12-8-5-9-13-17/h4-13,18H,14-15H2,1-3H3/t18-/m0/s1. The van der Waals surface area contributed by atoms with Crippen molar-refractivity contribution in [3.8, 4) is 0 Å². The number of hydrogen-bond donors (Lipinski definition) is 0. The van der Waals surface area contributed by atoms with Crippen molar-refractivity contribution in [3.05, 3.63) is 71.8 Å². The third-order valence-corrected chi connectivity index (χ3v) is 6.19. The molecule has 0 spiro atoms. The maximum Gasteiger partial charge on any atom is 0.271 e. The molecule has 4 heteroatoms. The highest BCUT2D eigenvalue weighted by Gasteiger charge is 2.63. The lowest BCUT2D eigenvalue weighted by Gasteiger charge is -2.21. The second-order valence-electron chi connectivity index (χ2n) is 7.71. The van der Waals surface area contributed by atoms with Gasteiger partial charge in [-0.05, 0) is 23.0 Å². The minimum atomic E-state index is -3.62. The highest BCUT2D eigenvalue weighted by Crippen LogP contribution is 2.57. The van der Waals surface area contributed by atoms with Gasteiger partial charge >= 0.3 is 0 Å². The summed E-state index contributed by atoms with van der Waals surface area (Å²) in [5, 5.41) is -0.530. The van der Waals surface area contributed by atoms with Crippen molar-refractivity contribution >= 4 is 10.1 Å². The van der Waals surface area contributed by atoms with E-state index in [1.807, 2.05) is 81.4 Å². The fourth-order valence-electron chi connectivity index (χ4n) is 3.17. The Labute approximate surface area is 144 Å². The summed E-state index contributed by atoms with van der Waals surface area (Å²) in [5.41, 5.74) is 1.37. The van der Waals surface area contributed by atoms with Gasteiger partial charge in [0.15, 0.2) is 0 Å². The fraction of sp³-hybridized carbons (Fsp3) is 0.400. The van der Waals surface area contributed by atoms with E-state index in [9.17, 15) is 8.42 Å². The van der Waals surface area contributed by atoms with Gasteiger partial charge in [-0.1, -0.05) is 81.4 Å². The Bertz CT molecular complexity index is 750. The smallest absolute Gasteiger partial charge is 0.269 e. The minimum absolute atomic E-state index is 0.190. The maximum absolute atomic E-state index is 12.8. The monoisotopic (exact) mass is 344 g/mol. The molecule has 1 atom stereocenters. The lowest BCUT2D eigenvalue weighted by atomic mass is 9.88. The van der Waals surface area contributed by atoms with Crippen LogP contribution < -0.4 is 0 Å². The molecule has 2 aromatic carbocycles. The van der Waals surface area contributed by atoms with Crippen molar-refractivity contribution in [3.63, 3.8) is 0 Å². The van der Waals surface area contributed by atoms with E-state index >= 15 is 0 Å². The zero-order chi connectivity index (χ0) is 17.4. The Morgan fingerprint density at radius 3 is 1.83 bits per heavy atom. The minimum Gasteiger partial charge on any atom is -0.269 e. The zero-order valence-electron chi connectivity index (χ0n) is 14.4. The van der Waals surface area contributed by atoms with Gasteiger partial charge in [-0.25, -0.2) is 0 Å². The summed E-state index contributed by atoms with van der Waals surface area (Å²) in [6.07, 6.45) is 0.563. The molecular formula is C20H24O3S. The third kappa shape index (κ3) is 3.26. The first-order valence-electron chi connectivity index (χ1n) is 8.25. The van der Waals surface area contributed by atoms with Crippen molar-refractivity contribution in [2.75, 3.05) is 6.61 Å². The predicted octanol–water partition coefficient (Wildman–Crippen LogP) is 4.14. The van der Waals surface area contributed by atoms with E-state index in [0.29, 0.717) is 6.42 Å². The molecule has 0 unspecified atom stereocenters. The van der Waals surface area contributed by atoms with E-state index in [0.717, 1.165) is 11.1 Å². The molecule has 0 N–H and O–H groups in total. The molecule has 3 rings (SSSR count). The van der Waals surface area contributed by atoms with Gasteiger partial charge in [0.1, 0.15) is 5.25 Å². The first-order valence-corrected chi connectivity index (χ1v) is 9.72. The van der Waals surface area contributed by atoms with Crippen LogP contribution in [0.2, 0.25) is 0 Å². The van der Waals surface area contributed by atoms with Crippen LogP contribution in [-0.4, -0.2) is 20.3 Å². The number of rotatable bonds is 5. The molecule has 0 radical (unpaired) electrons. The first kappa shape index (κ1) is 17.2. The van der Waals surface area contributed by atoms with Crippen molar-refractivity contribution in [1.82, 2.24) is 0 Å². The van der Waals surface area contributed by atoms with Crippen LogP contribution in [0, 0.1) is 5.41 Å². The number of benzene rings is 2. The van der Waals surface area contributed by atoms with Crippen LogP contribution in [0.25, 0.3) is 0 Å². The summed E-state index contributed by atoms with van der Waals surface area (Å²) in [4.78, 5) is 0. The molecular weight excluding hydrogens is 320 g/mol. The summed E-state index contributed by atoms with van der Waals surface area (Å²) in [7, 11) is -3.62. The Hall–Kier alpha value is -1.65. The van der Waals surface area contributed by atoms with Gasteiger partial charge < -0.3 is 0 Å². The SMILES string of the molecule is CC(C)(C)COS(=O)(=O)[C@H]1CC1(c1ccccc1)c1ccccc1. The van der Waals surface area contributed by atoms with E-state index in [1.165, 1.54) is 0 Å². The van der Waals surface area contributed by atoms with Crippen LogP contribution in [-0.2, 0) is 19.7 Å². The molecule has 0 bridgehead atoms. The normalized spacial score (nSPS) is 19.9. The van der Waals surface area contributed by atoms with E-state index in [4.69, 9.17) is 4.18 Å². The molecule has 0 heterocycles. The van der Waals surface area contributed by atoms with Crippen LogP contribution in [0.4, 0.5) is 0 Å². The summed E-state index contributed by atoms with van der Waals surface area (Å²) in [6, 6.07) is 19.7. The molecule has 1 aliphatic carbocycles. The van der Waals surface area contributed by atoms with E-state index in [1.54, 1.807) is 0 Å². The zero-order valence-corrected chi connectivity index (χ0v) is 15.2. The summed E-state index contributed by atoms with van der Waals surface area (Å²) in [6.45, 7) is 6.11. The lowest BCUT2D eigenvalue weighted by Crippen LogP contribution is -2.26. The average Bonchev–Trinajstić information content (AvgIpc) is 3.32. The third-order valence-electron chi connectivity index (χ3n) is 4.48. The van der Waals surface area contributed by atoms with Gasteiger partial charge in [0.25, 0.3) is 10.1 Å². The summed E-state index contributed by atoms with van der Waals surface area (Å²) in [5.74, 6) is 0. The molecule has 128 valence electrons. The highest BCUT2D eigenvalue weighted by atomic mass is 32.2. The van der Waals surface area contributed by atoms with Gasteiger partial charge in [-0.3, -0.25) is 4.18 Å². The second kappa shape index (κ2) is 6.01. The summed E-state index contributed by atoms with van der Waals surface area (Å²) >= 11 is 0. The predicted molar refractivity (Wildman–Crippen MR) is 96.4 cm³/mol. The molecule has 1 fully saturated rings. The van der Waals surface area contributed by atoms with E-state index in [2.05, 4.69) is 0 Å². The van der Waals surface area contributed by atoms with Crippen LogP contribution in [0.5, 0.6) is 0 Å². The largest absolute Gasteiger partial charge is 0.271 e. The maximum atomic E-state index is 12.8. The topological polar surface area (TPSA) is 43.4 Å². The Kier molecular flexibility index (Phi) is 4.30. The van der Waals surface area contributed by atoms with Crippen LogP contribution in [0.15, 0.2) is 60.7 Å². The number of hydrogen-bond acceptors (Lipinski definition) is 3. The van der Waals surface area contributed by atoms with E-state index < -0.39 is 20.8 Å². The molecule has 0 aliphatic heterocycles. The molecule has 24 heavy (non-hydrogen) atoms. The van der Waals surface area contributed by atoms with Gasteiger partial charge in [0, 0.05) is 5.41 Å². The quantitative estimate of drug-likeness (QED) is 0.766. The van der Waals surface area contributed by atoms with Gasteiger partial charge in [-0.2, -0.15) is 8.42 Å². The van der Waals surface area contributed by atoms with Crippen molar-refractivity contribution in [2.24, 2.45) is 5.41 Å². The average molecular weight is 344 g/mol. The van der Waals surface area contributed by atoms with Crippen LogP contribution >= 0.6 is 0 Å². The first-order chi connectivity index (χ1) is 11.3. The molecule has 0 amide bonds. The second-order valence-corrected chi connectivity index (χ2v) is 9.50. The van der Waals surface area contributed by atoms with Crippen LogP contribution in [0.3, 0.4) is 0 Å². The van der Waals surface area contributed by atoms with Crippen molar-refractivity contribution in [2.45, 2.75) is 37.9 Å². The van der Waals surface area contributed by atoms with Crippen molar-refractivity contribution < 1.29 is 12.6 Å². The molecule has 1 aliphatic rings. The summed E-state index contributed by atoms with van der Waals surface area (Å²) < 4.78 is 30.9. The van der Waals surface area contributed by atoms with Gasteiger partial charge in [0.05, 0.1) is 6.61 Å². The molecule has 2 aromatic rings. The van der Waals surface area contributed by atoms with Crippen LogP contribution in [0.1, 0.15) is 38.3 Å². The molecule has 3 nitrogen and oxygen atoms in total. The Morgan fingerprint density at radius 1 is 0.958 bits per heavy atom. The Balaban J connectivity index is 1.96. The van der Waals surface area contributed by atoms with Crippen molar-refractivity contribution in [1.29, 1.82) is 0 Å². The molecule has 0 aromatic heterocycles. The van der Waals surface area contributed by atoms with E-state index in [-0.39, 0.29) is 12.0 Å². The van der Waals surface area contributed by atoms with Gasteiger partial charge in [-0.15, -0.1) is 0 Å². The molecule has 0 saturated heterocycles. The highest BCUT2D eigenvalue weighted by molar-refractivity contribution is 7.87. The molecule has 1 saturated carbocycles. The Morgan fingerprint density at radius 2 is 1.42 bits per heavy atom. The van der Waals surface area contributed by atoms with Gasteiger partial charge in [0.2, 0.25) is 0 Å².